The number of ether oxygens (including phenoxy) is 2. The second-order valence-corrected chi connectivity index (χ2v) is 4.25. The molecule has 0 N–H and O–H groups in total. The lowest BCUT2D eigenvalue weighted by atomic mass is 10.2. The molecule has 3 nitrogen and oxygen atoms in total. The number of halogens is 1. The van der Waals surface area contributed by atoms with E-state index in [1.165, 1.54) is 7.11 Å². The maximum absolute atomic E-state index is 11.7. The molecule has 0 aliphatic rings. The molecule has 0 amide bonds. The van der Waals surface area contributed by atoms with Gasteiger partial charge in [-0.2, -0.15) is 0 Å². The highest BCUT2D eigenvalue weighted by Gasteiger charge is 2.13. The molecule has 16 heavy (non-hydrogen) atoms. The van der Waals surface area contributed by atoms with Gasteiger partial charge in [-0.1, -0.05) is 29.3 Å². The number of rotatable bonds is 5. The average Bonchev–Trinajstić information content (AvgIpc) is 2.29. The number of esters is 1. The van der Waals surface area contributed by atoms with Crippen molar-refractivity contribution in [3.05, 3.63) is 28.2 Å². The first kappa shape index (κ1) is 13.0. The number of hydrogen-bond acceptors (Lipinski definition) is 3. The lowest BCUT2D eigenvalue weighted by molar-refractivity contribution is 0.0496. The minimum atomic E-state index is -0.335. The lowest BCUT2D eigenvalue weighted by Crippen LogP contribution is -2.08. The second kappa shape index (κ2) is 6.53. The summed E-state index contributed by atoms with van der Waals surface area (Å²) in [6, 6.07) is 5.23. The molecular formula is C12H15BrO3. The van der Waals surface area contributed by atoms with Crippen molar-refractivity contribution in [1.29, 1.82) is 0 Å². The topological polar surface area (TPSA) is 35.5 Å². The van der Waals surface area contributed by atoms with Crippen LogP contribution in [0.4, 0.5) is 0 Å². The van der Waals surface area contributed by atoms with Gasteiger partial charge >= 0.3 is 5.97 Å². The summed E-state index contributed by atoms with van der Waals surface area (Å²) in [5.41, 5.74) is 0.460. The number of unbranched alkanes of at least 4 members (excludes halogenated alkanes) is 1. The van der Waals surface area contributed by atoms with E-state index in [2.05, 4.69) is 15.9 Å². The molecule has 0 spiro atoms. The summed E-state index contributed by atoms with van der Waals surface area (Å²) in [4.78, 5) is 11.7. The third kappa shape index (κ3) is 3.52. The molecule has 0 radical (unpaired) electrons. The number of carbonyl (C=O) groups is 1. The SMILES string of the molecule is CCCCOC(=O)c1ccc(Br)cc1OC. The van der Waals surface area contributed by atoms with E-state index in [4.69, 9.17) is 9.47 Å². The van der Waals surface area contributed by atoms with Crippen LogP contribution in [0.3, 0.4) is 0 Å². The van der Waals surface area contributed by atoms with Gasteiger partial charge in [0.25, 0.3) is 0 Å². The van der Waals surface area contributed by atoms with Crippen LogP contribution >= 0.6 is 15.9 Å². The van der Waals surface area contributed by atoms with Crippen LogP contribution in [0, 0.1) is 0 Å². The van der Waals surface area contributed by atoms with E-state index in [1.54, 1.807) is 18.2 Å². The summed E-state index contributed by atoms with van der Waals surface area (Å²) < 4.78 is 11.1. The Balaban J connectivity index is 2.74. The maximum Gasteiger partial charge on any atom is 0.341 e. The van der Waals surface area contributed by atoms with Gasteiger partial charge in [0.15, 0.2) is 0 Å². The minimum Gasteiger partial charge on any atom is -0.496 e. The van der Waals surface area contributed by atoms with E-state index in [0.29, 0.717) is 17.9 Å². The molecule has 0 unspecified atom stereocenters. The van der Waals surface area contributed by atoms with Gasteiger partial charge in [-0.3, -0.25) is 0 Å². The Bertz CT molecular complexity index is 363. The summed E-state index contributed by atoms with van der Waals surface area (Å²) >= 11 is 3.32. The molecular weight excluding hydrogens is 272 g/mol. The van der Waals surface area contributed by atoms with E-state index in [-0.39, 0.29) is 5.97 Å². The first-order valence-corrected chi connectivity index (χ1v) is 5.99. The molecule has 0 bridgehead atoms. The molecule has 0 aliphatic carbocycles. The minimum absolute atomic E-state index is 0.335. The van der Waals surface area contributed by atoms with Gasteiger partial charge in [-0.15, -0.1) is 0 Å². The molecule has 1 rings (SSSR count). The van der Waals surface area contributed by atoms with Crippen molar-refractivity contribution in [3.63, 3.8) is 0 Å². The van der Waals surface area contributed by atoms with E-state index in [0.717, 1.165) is 17.3 Å². The van der Waals surface area contributed by atoms with Crippen LogP contribution in [0.15, 0.2) is 22.7 Å². The van der Waals surface area contributed by atoms with Crippen LogP contribution in [0.25, 0.3) is 0 Å². The normalized spacial score (nSPS) is 9.94. The number of benzene rings is 1. The zero-order valence-corrected chi connectivity index (χ0v) is 11.0. The van der Waals surface area contributed by atoms with E-state index < -0.39 is 0 Å². The molecule has 0 aromatic heterocycles. The number of carbonyl (C=O) groups excluding carboxylic acids is 1. The fourth-order valence-corrected chi connectivity index (χ4v) is 1.56. The fourth-order valence-electron chi connectivity index (χ4n) is 1.22. The van der Waals surface area contributed by atoms with Gasteiger partial charge in [0.1, 0.15) is 11.3 Å². The first-order chi connectivity index (χ1) is 7.69. The highest BCUT2D eigenvalue weighted by atomic mass is 79.9. The highest BCUT2D eigenvalue weighted by Crippen LogP contribution is 2.24. The zero-order valence-electron chi connectivity index (χ0n) is 9.46. The average molecular weight is 287 g/mol. The standard InChI is InChI=1S/C12H15BrO3/c1-3-4-7-16-12(14)10-6-5-9(13)8-11(10)15-2/h5-6,8H,3-4,7H2,1-2H3. The van der Waals surface area contributed by atoms with Crippen LogP contribution in [-0.2, 0) is 4.74 Å². The highest BCUT2D eigenvalue weighted by molar-refractivity contribution is 9.10. The van der Waals surface area contributed by atoms with Gasteiger partial charge in [-0.25, -0.2) is 4.79 Å². The van der Waals surface area contributed by atoms with Crippen molar-refractivity contribution in [1.82, 2.24) is 0 Å². The Morgan fingerprint density at radius 1 is 1.44 bits per heavy atom. The Morgan fingerprint density at radius 2 is 2.19 bits per heavy atom. The molecule has 88 valence electrons. The predicted molar refractivity (Wildman–Crippen MR) is 65.9 cm³/mol. The van der Waals surface area contributed by atoms with Gasteiger partial charge in [-0.05, 0) is 24.6 Å². The van der Waals surface area contributed by atoms with E-state index in [1.807, 2.05) is 6.92 Å². The van der Waals surface area contributed by atoms with Gasteiger partial charge < -0.3 is 9.47 Å². The first-order valence-electron chi connectivity index (χ1n) is 5.19. The Kier molecular flexibility index (Phi) is 5.32. The summed E-state index contributed by atoms with van der Waals surface area (Å²) in [7, 11) is 1.53. The van der Waals surface area contributed by atoms with Crippen molar-refractivity contribution < 1.29 is 14.3 Å². The summed E-state index contributed by atoms with van der Waals surface area (Å²) in [5.74, 6) is 0.189. The summed E-state index contributed by atoms with van der Waals surface area (Å²) in [5, 5.41) is 0. The monoisotopic (exact) mass is 286 g/mol. The van der Waals surface area contributed by atoms with Crippen LogP contribution < -0.4 is 4.74 Å². The summed E-state index contributed by atoms with van der Waals surface area (Å²) in [6.07, 6.45) is 1.88. The van der Waals surface area contributed by atoms with Crippen molar-refractivity contribution in [2.75, 3.05) is 13.7 Å². The lowest BCUT2D eigenvalue weighted by Gasteiger charge is -2.08. The third-order valence-electron chi connectivity index (χ3n) is 2.11. The number of methoxy groups -OCH3 is 1. The van der Waals surface area contributed by atoms with Gasteiger partial charge in [0.2, 0.25) is 0 Å². The Morgan fingerprint density at radius 3 is 2.81 bits per heavy atom. The second-order valence-electron chi connectivity index (χ2n) is 3.33. The van der Waals surface area contributed by atoms with Gasteiger partial charge in [0, 0.05) is 4.47 Å². The molecule has 1 aromatic rings. The van der Waals surface area contributed by atoms with Crippen molar-refractivity contribution in [2.24, 2.45) is 0 Å². The summed E-state index contributed by atoms with van der Waals surface area (Å²) in [6.45, 7) is 2.50. The largest absolute Gasteiger partial charge is 0.496 e. The fraction of sp³-hybridized carbons (Fsp3) is 0.417. The Hall–Kier alpha value is -1.03. The van der Waals surface area contributed by atoms with E-state index in [9.17, 15) is 4.79 Å². The van der Waals surface area contributed by atoms with Crippen molar-refractivity contribution >= 4 is 21.9 Å². The maximum atomic E-state index is 11.7. The molecule has 0 atom stereocenters. The predicted octanol–water partition coefficient (Wildman–Crippen LogP) is 3.41. The van der Waals surface area contributed by atoms with Crippen LogP contribution in [-0.4, -0.2) is 19.7 Å². The Labute approximate surface area is 104 Å². The van der Waals surface area contributed by atoms with Crippen molar-refractivity contribution in [3.8, 4) is 5.75 Å². The molecule has 4 heteroatoms. The van der Waals surface area contributed by atoms with Crippen molar-refractivity contribution in [2.45, 2.75) is 19.8 Å². The number of hydrogen-bond donors (Lipinski definition) is 0. The van der Waals surface area contributed by atoms with Crippen LogP contribution in [0.5, 0.6) is 5.75 Å². The molecule has 0 aliphatic heterocycles. The molecule has 0 fully saturated rings. The molecule has 0 heterocycles. The zero-order chi connectivity index (χ0) is 12.0. The van der Waals surface area contributed by atoms with E-state index >= 15 is 0 Å². The van der Waals surface area contributed by atoms with Crippen LogP contribution in [0.2, 0.25) is 0 Å². The van der Waals surface area contributed by atoms with Gasteiger partial charge in [0.05, 0.1) is 13.7 Å². The molecule has 0 saturated carbocycles. The molecule has 1 aromatic carbocycles. The van der Waals surface area contributed by atoms with Crippen LogP contribution in [0.1, 0.15) is 30.1 Å². The quantitative estimate of drug-likeness (QED) is 0.615. The smallest absolute Gasteiger partial charge is 0.341 e. The molecule has 0 saturated heterocycles. The third-order valence-corrected chi connectivity index (χ3v) is 2.61.